The first-order chi connectivity index (χ1) is 12.0. The lowest BCUT2D eigenvalue weighted by atomic mass is 10.1. The predicted octanol–water partition coefficient (Wildman–Crippen LogP) is 3.13. The topological polar surface area (TPSA) is 58.6 Å². The van der Waals surface area contributed by atoms with Crippen LogP contribution in [0.1, 0.15) is 12.0 Å². The van der Waals surface area contributed by atoms with E-state index in [0.717, 1.165) is 5.69 Å². The minimum atomic E-state index is -0.445. The second-order valence-electron chi connectivity index (χ2n) is 6.05. The first-order valence-electron chi connectivity index (χ1n) is 7.99. The van der Waals surface area contributed by atoms with E-state index in [-0.39, 0.29) is 24.1 Å². The summed E-state index contributed by atoms with van der Waals surface area (Å²) in [5.74, 6) is -0.423. The van der Waals surface area contributed by atoms with Crippen LogP contribution in [0.3, 0.4) is 0 Å². The van der Waals surface area contributed by atoms with Gasteiger partial charge in [-0.2, -0.15) is 0 Å². The first kappa shape index (κ1) is 17.0. The number of rotatable bonds is 4. The highest BCUT2D eigenvalue weighted by Crippen LogP contribution is 2.28. The molecule has 0 spiro atoms. The Morgan fingerprint density at radius 3 is 2.60 bits per heavy atom. The molecule has 2 amide bonds. The zero-order valence-electron chi connectivity index (χ0n) is 14.1. The van der Waals surface area contributed by atoms with Gasteiger partial charge in [0, 0.05) is 24.3 Å². The molecule has 1 fully saturated rings. The molecular formula is C19H19FN2O3. The lowest BCUT2D eigenvalue weighted by Crippen LogP contribution is -2.28. The van der Waals surface area contributed by atoms with Gasteiger partial charge in [0.15, 0.2) is 0 Å². The van der Waals surface area contributed by atoms with Gasteiger partial charge in [0.2, 0.25) is 11.8 Å². The van der Waals surface area contributed by atoms with E-state index >= 15 is 0 Å². The lowest BCUT2D eigenvalue weighted by molar-refractivity contribution is -0.122. The van der Waals surface area contributed by atoms with Gasteiger partial charge < -0.3 is 15.0 Å². The van der Waals surface area contributed by atoms with Crippen LogP contribution in [0.4, 0.5) is 15.8 Å². The van der Waals surface area contributed by atoms with E-state index < -0.39 is 5.92 Å². The Kier molecular flexibility index (Phi) is 4.70. The molecule has 5 nitrogen and oxygen atoms in total. The van der Waals surface area contributed by atoms with Crippen molar-refractivity contribution < 1.29 is 18.7 Å². The summed E-state index contributed by atoms with van der Waals surface area (Å²) in [5.41, 5.74) is 1.94. The van der Waals surface area contributed by atoms with E-state index in [2.05, 4.69) is 5.32 Å². The summed E-state index contributed by atoms with van der Waals surface area (Å²) in [5, 5.41) is 2.79. The van der Waals surface area contributed by atoms with Crippen LogP contribution in [0.15, 0.2) is 42.5 Å². The molecule has 25 heavy (non-hydrogen) atoms. The van der Waals surface area contributed by atoms with E-state index in [9.17, 15) is 14.0 Å². The second kappa shape index (κ2) is 6.93. The normalized spacial score (nSPS) is 16.8. The van der Waals surface area contributed by atoms with Gasteiger partial charge in [0.05, 0.1) is 13.0 Å². The zero-order valence-corrected chi connectivity index (χ0v) is 14.1. The molecule has 3 rings (SSSR count). The number of benzene rings is 2. The van der Waals surface area contributed by atoms with Gasteiger partial charge in [-0.3, -0.25) is 9.59 Å². The second-order valence-corrected chi connectivity index (χ2v) is 6.05. The minimum Gasteiger partial charge on any atom is -0.497 e. The van der Waals surface area contributed by atoms with Crippen LogP contribution in [0.5, 0.6) is 5.75 Å². The van der Waals surface area contributed by atoms with E-state index in [4.69, 9.17) is 4.74 Å². The summed E-state index contributed by atoms with van der Waals surface area (Å²) < 4.78 is 18.3. The molecule has 130 valence electrons. The Hall–Kier alpha value is -2.89. The van der Waals surface area contributed by atoms with Crippen molar-refractivity contribution in [3.8, 4) is 5.75 Å². The van der Waals surface area contributed by atoms with Crippen molar-refractivity contribution in [2.45, 2.75) is 13.3 Å². The number of carbonyl (C=O) groups excluding carboxylic acids is 2. The summed E-state index contributed by atoms with van der Waals surface area (Å²) >= 11 is 0. The molecule has 0 saturated carbocycles. The van der Waals surface area contributed by atoms with Crippen molar-refractivity contribution in [2.24, 2.45) is 5.92 Å². The number of ether oxygens (including phenoxy) is 1. The van der Waals surface area contributed by atoms with Crippen molar-refractivity contribution in [3.63, 3.8) is 0 Å². The molecule has 1 aliphatic heterocycles. The van der Waals surface area contributed by atoms with Crippen molar-refractivity contribution in [1.29, 1.82) is 0 Å². The van der Waals surface area contributed by atoms with Gasteiger partial charge in [-0.1, -0.05) is 0 Å². The predicted molar refractivity (Wildman–Crippen MR) is 93.2 cm³/mol. The molecule has 2 aromatic rings. The van der Waals surface area contributed by atoms with Crippen LogP contribution in [0, 0.1) is 18.7 Å². The van der Waals surface area contributed by atoms with Crippen LogP contribution in [-0.4, -0.2) is 25.5 Å². The highest BCUT2D eigenvalue weighted by atomic mass is 19.1. The molecule has 0 radical (unpaired) electrons. The minimum absolute atomic E-state index is 0.0962. The molecule has 1 heterocycles. The van der Waals surface area contributed by atoms with Crippen LogP contribution in [-0.2, 0) is 9.59 Å². The average molecular weight is 342 g/mol. The maximum absolute atomic E-state index is 13.2. The number of amides is 2. The standard InChI is InChI=1S/C19H19FN2O3/c1-12-9-14(20)3-8-17(12)21-19(24)13-10-18(23)22(11-13)15-4-6-16(25-2)7-5-15/h3-9,13H,10-11H2,1-2H3,(H,21,24)/t13-/m0/s1. The largest absolute Gasteiger partial charge is 0.497 e. The number of aryl methyl sites for hydroxylation is 1. The molecule has 0 bridgehead atoms. The van der Waals surface area contributed by atoms with Gasteiger partial charge in [-0.15, -0.1) is 0 Å². The zero-order chi connectivity index (χ0) is 18.0. The third-order valence-electron chi connectivity index (χ3n) is 4.33. The highest BCUT2D eigenvalue weighted by Gasteiger charge is 2.35. The van der Waals surface area contributed by atoms with Crippen molar-refractivity contribution in [2.75, 3.05) is 23.9 Å². The summed E-state index contributed by atoms with van der Waals surface area (Å²) in [7, 11) is 1.58. The number of nitrogens with zero attached hydrogens (tertiary/aromatic N) is 1. The molecule has 1 saturated heterocycles. The molecule has 1 aliphatic rings. The Bertz CT molecular complexity index is 805. The summed E-state index contributed by atoms with van der Waals surface area (Å²) in [6.07, 6.45) is 0.151. The molecule has 0 aliphatic carbocycles. The molecular weight excluding hydrogens is 323 g/mol. The van der Waals surface area contributed by atoms with Gasteiger partial charge in [-0.05, 0) is 55.0 Å². The van der Waals surface area contributed by atoms with Gasteiger partial charge in [0.1, 0.15) is 11.6 Å². The third kappa shape index (κ3) is 3.63. The maximum atomic E-state index is 13.2. The van der Waals surface area contributed by atoms with Gasteiger partial charge in [0.25, 0.3) is 0 Å². The van der Waals surface area contributed by atoms with Crippen LogP contribution in [0.2, 0.25) is 0 Å². The lowest BCUT2D eigenvalue weighted by Gasteiger charge is -2.17. The number of nitrogens with one attached hydrogen (secondary N) is 1. The summed E-state index contributed by atoms with van der Waals surface area (Å²) in [6, 6.07) is 11.3. The maximum Gasteiger partial charge on any atom is 0.229 e. The van der Waals surface area contributed by atoms with Crippen molar-refractivity contribution in [3.05, 3.63) is 53.8 Å². The Morgan fingerprint density at radius 2 is 1.96 bits per heavy atom. The fourth-order valence-electron chi connectivity index (χ4n) is 2.90. The Balaban J connectivity index is 1.69. The molecule has 0 unspecified atom stereocenters. The Labute approximate surface area is 145 Å². The highest BCUT2D eigenvalue weighted by molar-refractivity contribution is 6.03. The summed E-state index contributed by atoms with van der Waals surface area (Å²) in [4.78, 5) is 26.3. The number of hydrogen-bond donors (Lipinski definition) is 1. The van der Waals surface area contributed by atoms with E-state index in [1.165, 1.54) is 18.2 Å². The van der Waals surface area contributed by atoms with Gasteiger partial charge in [-0.25, -0.2) is 4.39 Å². The van der Waals surface area contributed by atoms with E-state index in [1.54, 1.807) is 43.2 Å². The number of halogens is 1. The monoisotopic (exact) mass is 342 g/mol. The number of hydrogen-bond acceptors (Lipinski definition) is 3. The van der Waals surface area contributed by atoms with Gasteiger partial charge >= 0.3 is 0 Å². The average Bonchev–Trinajstić information content (AvgIpc) is 2.99. The van der Waals surface area contributed by atoms with Crippen molar-refractivity contribution >= 4 is 23.2 Å². The summed E-state index contributed by atoms with van der Waals surface area (Å²) in [6.45, 7) is 2.04. The molecule has 0 aromatic heterocycles. The SMILES string of the molecule is COc1ccc(N2C[C@@H](C(=O)Nc3ccc(F)cc3C)CC2=O)cc1. The first-order valence-corrected chi connectivity index (χ1v) is 7.99. The number of methoxy groups -OCH3 is 1. The molecule has 1 atom stereocenters. The fourth-order valence-corrected chi connectivity index (χ4v) is 2.90. The van der Waals surface area contributed by atoms with E-state index in [0.29, 0.717) is 23.5 Å². The van der Waals surface area contributed by atoms with E-state index in [1.807, 2.05) is 0 Å². The number of carbonyl (C=O) groups is 2. The third-order valence-corrected chi connectivity index (χ3v) is 4.33. The quantitative estimate of drug-likeness (QED) is 0.929. The molecule has 6 heteroatoms. The smallest absolute Gasteiger partial charge is 0.229 e. The fraction of sp³-hybridized carbons (Fsp3) is 0.263. The Morgan fingerprint density at radius 1 is 1.24 bits per heavy atom. The van der Waals surface area contributed by atoms with Crippen LogP contribution < -0.4 is 15.0 Å². The van der Waals surface area contributed by atoms with Crippen LogP contribution >= 0.6 is 0 Å². The van der Waals surface area contributed by atoms with Crippen LogP contribution in [0.25, 0.3) is 0 Å². The molecule has 1 N–H and O–H groups in total. The van der Waals surface area contributed by atoms with Crippen molar-refractivity contribution in [1.82, 2.24) is 0 Å². The number of anilines is 2. The molecule has 2 aromatic carbocycles.